The number of aryl methyl sites for hydroxylation is 1. The van der Waals surface area contributed by atoms with Gasteiger partial charge in [0.25, 0.3) is 11.5 Å². The lowest BCUT2D eigenvalue weighted by atomic mass is 9.90. The molecule has 0 unspecified atom stereocenters. The van der Waals surface area contributed by atoms with Crippen LogP contribution in [0.3, 0.4) is 0 Å². The molecule has 0 saturated heterocycles. The largest absolute Gasteiger partial charge is 0.496 e. The number of fused-ring (bicyclic) bond motifs is 2. The summed E-state index contributed by atoms with van der Waals surface area (Å²) in [6.45, 7) is 8.52. The molecule has 1 atom stereocenters. The van der Waals surface area contributed by atoms with Gasteiger partial charge in [0.05, 0.1) is 28.5 Å². The maximum atomic E-state index is 14.3. The van der Waals surface area contributed by atoms with Crippen LogP contribution in [0.4, 0.5) is 0 Å². The maximum Gasteiger partial charge on any atom is 0.335 e. The van der Waals surface area contributed by atoms with E-state index in [1.54, 1.807) is 46.9 Å². The molecular formula is C36H33N3O6S. The van der Waals surface area contributed by atoms with Gasteiger partial charge in [-0.3, -0.25) is 14.2 Å². The number of likely N-dealkylation sites (N-methyl/N-ethyl adjacent to an activating group) is 1. The molecule has 3 heterocycles. The topological polar surface area (TPSA) is 114 Å². The molecule has 10 heteroatoms. The minimum absolute atomic E-state index is 0.180. The van der Waals surface area contributed by atoms with E-state index in [1.807, 2.05) is 64.1 Å². The number of benzene rings is 3. The Morgan fingerprint density at radius 2 is 1.83 bits per heavy atom. The standard InChI is InChI=1S/C36H33N3O6S/c1-6-38(7-2)34(41)30-21(4)37-36-39(32(30)31-26-11-9-8-10-22(26)13-16-28(31)44-5)33(40)29(46-36)19-24-14-17-27(45-24)25-15-12-23(35(42)43)18-20(25)3/h8-19,32H,6-7H2,1-5H3,(H,42,43)/b29-19+/t32-/m0/s1. The number of nitrogens with zero attached hydrogens (tertiary/aromatic N) is 3. The first-order valence-electron chi connectivity index (χ1n) is 15.0. The second kappa shape index (κ2) is 12.3. The number of rotatable bonds is 8. The number of carbonyl (C=O) groups is 2. The van der Waals surface area contributed by atoms with Crippen LogP contribution in [-0.4, -0.2) is 46.6 Å². The number of aromatic nitrogens is 1. The molecule has 0 bridgehead atoms. The number of hydrogen-bond acceptors (Lipinski definition) is 7. The van der Waals surface area contributed by atoms with E-state index in [0.717, 1.165) is 27.5 Å². The van der Waals surface area contributed by atoms with Crippen molar-refractivity contribution in [1.29, 1.82) is 0 Å². The van der Waals surface area contributed by atoms with E-state index in [0.29, 0.717) is 51.0 Å². The summed E-state index contributed by atoms with van der Waals surface area (Å²) in [6.07, 6.45) is 1.68. The third-order valence-corrected chi connectivity index (χ3v) is 9.35. The Labute approximate surface area is 269 Å². The highest BCUT2D eigenvalue weighted by molar-refractivity contribution is 7.07. The number of furan rings is 1. The lowest BCUT2D eigenvalue weighted by Gasteiger charge is -2.30. The van der Waals surface area contributed by atoms with Crippen LogP contribution in [0.5, 0.6) is 5.75 Å². The third-order valence-electron chi connectivity index (χ3n) is 8.37. The van der Waals surface area contributed by atoms with Crippen molar-refractivity contribution >= 4 is 40.1 Å². The molecule has 0 fully saturated rings. The highest BCUT2D eigenvalue weighted by Gasteiger charge is 2.36. The third kappa shape index (κ3) is 5.24. The predicted molar refractivity (Wildman–Crippen MR) is 178 cm³/mol. The molecule has 0 radical (unpaired) electrons. The molecule has 9 nitrogen and oxygen atoms in total. The zero-order valence-corrected chi connectivity index (χ0v) is 27.0. The molecule has 0 spiro atoms. The maximum absolute atomic E-state index is 14.3. The lowest BCUT2D eigenvalue weighted by Crippen LogP contribution is -2.43. The SMILES string of the molecule is CCN(CC)C(=O)C1=C(C)N=c2s/c(=C/c3ccc(-c4ccc(C(=O)O)cc4C)o3)c(=O)n2[C@@H]1c1c(OC)ccc2ccccc12. The smallest absolute Gasteiger partial charge is 0.335 e. The van der Waals surface area contributed by atoms with E-state index in [-0.39, 0.29) is 17.0 Å². The van der Waals surface area contributed by atoms with Gasteiger partial charge in [-0.05, 0) is 74.4 Å². The van der Waals surface area contributed by atoms with Gasteiger partial charge in [0.2, 0.25) is 0 Å². The van der Waals surface area contributed by atoms with Gasteiger partial charge >= 0.3 is 5.97 Å². The molecule has 46 heavy (non-hydrogen) atoms. The molecule has 2 aromatic heterocycles. The van der Waals surface area contributed by atoms with Crippen molar-refractivity contribution < 1.29 is 23.8 Å². The van der Waals surface area contributed by atoms with Gasteiger partial charge in [-0.2, -0.15) is 0 Å². The summed E-state index contributed by atoms with van der Waals surface area (Å²) in [5.41, 5.74) is 3.10. The minimum Gasteiger partial charge on any atom is -0.496 e. The first-order valence-corrected chi connectivity index (χ1v) is 15.8. The van der Waals surface area contributed by atoms with Crippen molar-refractivity contribution in [2.24, 2.45) is 4.99 Å². The van der Waals surface area contributed by atoms with Gasteiger partial charge in [-0.15, -0.1) is 0 Å². The van der Waals surface area contributed by atoms with Gasteiger partial charge in [-0.1, -0.05) is 47.7 Å². The second-order valence-electron chi connectivity index (χ2n) is 11.0. The quantitative estimate of drug-likeness (QED) is 0.240. The summed E-state index contributed by atoms with van der Waals surface area (Å²) in [5, 5.41) is 11.2. The van der Waals surface area contributed by atoms with Crippen LogP contribution >= 0.6 is 11.3 Å². The van der Waals surface area contributed by atoms with Gasteiger partial charge in [0.1, 0.15) is 23.3 Å². The minimum atomic E-state index is -0.998. The van der Waals surface area contributed by atoms with Gasteiger partial charge in [0, 0.05) is 30.3 Å². The second-order valence-corrected chi connectivity index (χ2v) is 12.0. The Morgan fingerprint density at radius 3 is 2.52 bits per heavy atom. The molecule has 234 valence electrons. The number of carboxylic acid groups (broad SMARTS) is 1. The fourth-order valence-corrected chi connectivity index (χ4v) is 7.09. The van der Waals surface area contributed by atoms with Crippen LogP contribution in [0.2, 0.25) is 0 Å². The fraction of sp³-hybridized carbons (Fsp3) is 0.222. The number of methoxy groups -OCH3 is 1. The van der Waals surface area contributed by atoms with Crippen molar-refractivity contribution in [3.05, 3.63) is 120 Å². The summed E-state index contributed by atoms with van der Waals surface area (Å²) in [4.78, 5) is 46.9. The molecule has 1 aliphatic rings. The number of hydrogen-bond donors (Lipinski definition) is 1. The van der Waals surface area contributed by atoms with Crippen LogP contribution in [0.25, 0.3) is 28.2 Å². The zero-order valence-electron chi connectivity index (χ0n) is 26.2. The van der Waals surface area contributed by atoms with Crippen molar-refractivity contribution in [2.45, 2.75) is 33.7 Å². The van der Waals surface area contributed by atoms with E-state index >= 15 is 0 Å². The van der Waals surface area contributed by atoms with Gasteiger partial charge in [-0.25, -0.2) is 9.79 Å². The van der Waals surface area contributed by atoms with Crippen LogP contribution in [0.1, 0.15) is 54.1 Å². The summed E-state index contributed by atoms with van der Waals surface area (Å²) in [6, 6.07) is 19.3. The zero-order chi connectivity index (χ0) is 32.7. The van der Waals surface area contributed by atoms with Crippen LogP contribution in [0, 0.1) is 6.92 Å². The van der Waals surface area contributed by atoms with E-state index in [2.05, 4.69) is 0 Å². The molecule has 0 saturated carbocycles. The van der Waals surface area contributed by atoms with Crippen LogP contribution < -0.4 is 19.6 Å². The van der Waals surface area contributed by atoms with Crippen molar-refractivity contribution in [2.75, 3.05) is 20.2 Å². The van der Waals surface area contributed by atoms with Crippen LogP contribution in [0.15, 0.2) is 92.2 Å². The first kappa shape index (κ1) is 30.8. The summed E-state index contributed by atoms with van der Waals surface area (Å²) in [7, 11) is 1.59. The summed E-state index contributed by atoms with van der Waals surface area (Å²) in [5.74, 6) is 0.395. The highest BCUT2D eigenvalue weighted by Crippen LogP contribution is 2.40. The Bertz CT molecular complexity index is 2240. The fourth-order valence-electron chi connectivity index (χ4n) is 6.06. The number of aromatic carboxylic acids is 1. The van der Waals surface area contributed by atoms with Gasteiger partial charge < -0.3 is 19.2 Å². The number of ether oxygens (including phenoxy) is 1. The Kier molecular flexibility index (Phi) is 8.22. The van der Waals surface area contributed by atoms with Gasteiger partial charge in [0.15, 0.2) is 4.80 Å². The normalized spacial score (nSPS) is 14.7. The van der Waals surface area contributed by atoms with E-state index in [9.17, 15) is 19.5 Å². The molecule has 1 amide bonds. The molecular weight excluding hydrogens is 602 g/mol. The number of allylic oxidation sites excluding steroid dienone is 1. The highest BCUT2D eigenvalue weighted by atomic mass is 32.1. The van der Waals surface area contributed by atoms with E-state index in [1.165, 1.54) is 17.4 Å². The first-order chi connectivity index (χ1) is 22.2. The summed E-state index contributed by atoms with van der Waals surface area (Å²) >= 11 is 1.23. The average molecular weight is 636 g/mol. The molecule has 1 N–H and O–H groups in total. The molecule has 6 rings (SSSR count). The average Bonchev–Trinajstić information content (AvgIpc) is 3.63. The monoisotopic (exact) mass is 635 g/mol. The molecule has 5 aromatic rings. The van der Waals surface area contributed by atoms with Crippen molar-refractivity contribution in [3.63, 3.8) is 0 Å². The lowest BCUT2D eigenvalue weighted by molar-refractivity contribution is -0.127. The molecule has 1 aliphatic heterocycles. The van der Waals surface area contributed by atoms with E-state index < -0.39 is 12.0 Å². The number of carbonyl (C=O) groups excluding carboxylic acids is 1. The number of amides is 1. The Hall–Kier alpha value is -5.22. The van der Waals surface area contributed by atoms with Crippen LogP contribution in [-0.2, 0) is 4.79 Å². The van der Waals surface area contributed by atoms with Crippen molar-refractivity contribution in [1.82, 2.24) is 9.47 Å². The van der Waals surface area contributed by atoms with E-state index in [4.69, 9.17) is 14.1 Å². The molecule has 0 aliphatic carbocycles. The Morgan fingerprint density at radius 1 is 1.07 bits per heavy atom. The van der Waals surface area contributed by atoms with Crippen molar-refractivity contribution in [3.8, 4) is 17.1 Å². The predicted octanol–water partition coefficient (Wildman–Crippen LogP) is 5.53. The number of thiazole rings is 1. The number of carboxylic acids is 1. The molecule has 3 aromatic carbocycles. The summed E-state index contributed by atoms with van der Waals surface area (Å²) < 4.78 is 14.0. The Balaban J connectivity index is 1.55.